The van der Waals surface area contributed by atoms with Gasteiger partial charge in [-0.15, -0.1) is 0 Å². The Kier molecular flexibility index (Phi) is 5.15. The Morgan fingerprint density at radius 2 is 1.92 bits per heavy atom. The molecule has 0 radical (unpaired) electrons. The monoisotopic (exact) mass is 490 g/mol. The van der Waals surface area contributed by atoms with Gasteiger partial charge in [-0.2, -0.15) is 31.4 Å². The van der Waals surface area contributed by atoms with E-state index in [9.17, 15) is 31.1 Å². The molecule has 0 bridgehead atoms. The van der Waals surface area contributed by atoms with E-state index in [1.165, 1.54) is 0 Å². The number of anilines is 1. The van der Waals surface area contributed by atoms with Crippen molar-refractivity contribution >= 4 is 45.6 Å². The lowest BCUT2D eigenvalue weighted by atomic mass is 9.95. The zero-order chi connectivity index (χ0) is 19.9. The van der Waals surface area contributed by atoms with E-state index in [1.54, 1.807) is 22.6 Å². The van der Waals surface area contributed by atoms with Crippen LogP contribution in [-0.4, -0.2) is 23.3 Å². The number of nitrogens with one attached hydrogen (secondary N) is 2. The third-order valence-corrected chi connectivity index (χ3v) is 4.44. The minimum atomic E-state index is -4.83. The number of halogens is 7. The first-order valence-electron chi connectivity index (χ1n) is 6.78. The minimum absolute atomic E-state index is 0.133. The summed E-state index contributed by atoms with van der Waals surface area (Å²) in [6.45, 7) is 7.97. The number of amides is 1. The van der Waals surface area contributed by atoms with E-state index in [0.717, 1.165) is 13.0 Å². The minimum Gasteiger partial charge on any atom is -0.323 e. The third kappa shape index (κ3) is 4.02. The second kappa shape index (κ2) is 6.60. The van der Waals surface area contributed by atoms with Crippen LogP contribution in [0.2, 0.25) is 0 Å². The average Bonchev–Trinajstić information content (AvgIpc) is 2.91. The SMILES string of the molecule is [C-]#[N+]c1cc(I)c(NC(=O)C2(C)CC(C(F)(F)F)=NN2)cc1C(F)(F)F. The fraction of sp³-hybridized carbons (Fsp3) is 0.357. The zero-order valence-electron chi connectivity index (χ0n) is 12.8. The van der Waals surface area contributed by atoms with Crippen molar-refractivity contribution in [1.82, 2.24) is 5.43 Å². The average molecular weight is 490 g/mol. The quantitative estimate of drug-likeness (QED) is 0.366. The maximum atomic E-state index is 13.0. The molecule has 2 rings (SSSR count). The van der Waals surface area contributed by atoms with Crippen LogP contribution < -0.4 is 10.7 Å². The fourth-order valence-corrected chi connectivity index (χ4v) is 2.72. The molecule has 0 aromatic heterocycles. The molecular weight excluding hydrogens is 481 g/mol. The Morgan fingerprint density at radius 3 is 2.38 bits per heavy atom. The molecule has 0 saturated carbocycles. The Hall–Kier alpha value is -2.04. The van der Waals surface area contributed by atoms with Crippen molar-refractivity contribution in [2.75, 3.05) is 5.32 Å². The van der Waals surface area contributed by atoms with Crippen molar-refractivity contribution in [3.05, 3.63) is 32.7 Å². The first-order chi connectivity index (χ1) is 11.8. The van der Waals surface area contributed by atoms with E-state index in [0.29, 0.717) is 6.07 Å². The summed E-state index contributed by atoms with van der Waals surface area (Å²) < 4.78 is 77.2. The maximum Gasteiger partial charge on any atom is 0.431 e. The lowest BCUT2D eigenvalue weighted by Crippen LogP contribution is -2.48. The number of hydrogen-bond donors (Lipinski definition) is 2. The second-order valence-corrected chi connectivity index (χ2v) is 6.75. The van der Waals surface area contributed by atoms with E-state index in [-0.39, 0.29) is 9.26 Å². The lowest BCUT2D eigenvalue weighted by molar-refractivity contribution is -0.136. The Labute approximate surface area is 156 Å². The van der Waals surface area contributed by atoms with Gasteiger partial charge in [0, 0.05) is 9.99 Å². The van der Waals surface area contributed by atoms with E-state index < -0.39 is 47.2 Å². The van der Waals surface area contributed by atoms with Gasteiger partial charge in [0.2, 0.25) is 0 Å². The van der Waals surface area contributed by atoms with Crippen molar-refractivity contribution < 1.29 is 31.1 Å². The molecule has 1 aromatic carbocycles. The van der Waals surface area contributed by atoms with Gasteiger partial charge in [0.05, 0.1) is 17.8 Å². The molecule has 1 atom stereocenters. The Balaban J connectivity index is 2.29. The molecule has 1 aliphatic heterocycles. The van der Waals surface area contributed by atoms with Crippen LogP contribution in [0.5, 0.6) is 0 Å². The summed E-state index contributed by atoms with van der Waals surface area (Å²) in [6, 6.07) is 1.52. The van der Waals surface area contributed by atoms with E-state index in [4.69, 9.17) is 6.57 Å². The van der Waals surface area contributed by atoms with E-state index in [1.807, 2.05) is 0 Å². The summed E-state index contributed by atoms with van der Waals surface area (Å²) in [5, 5.41) is 5.26. The van der Waals surface area contributed by atoms with Crippen LogP contribution in [0.3, 0.4) is 0 Å². The van der Waals surface area contributed by atoms with Crippen LogP contribution in [0, 0.1) is 10.1 Å². The molecular formula is C14H9F6IN4O. The molecule has 140 valence electrons. The molecule has 0 saturated heterocycles. The van der Waals surface area contributed by atoms with E-state index >= 15 is 0 Å². The summed E-state index contributed by atoms with van der Waals surface area (Å²) in [7, 11) is 0. The van der Waals surface area contributed by atoms with Gasteiger partial charge in [-0.1, -0.05) is 0 Å². The summed E-state index contributed by atoms with van der Waals surface area (Å²) in [5.74, 6) is -0.984. The van der Waals surface area contributed by atoms with Crippen molar-refractivity contribution in [2.45, 2.75) is 31.2 Å². The van der Waals surface area contributed by atoms with Crippen molar-refractivity contribution in [2.24, 2.45) is 5.10 Å². The molecule has 26 heavy (non-hydrogen) atoms. The van der Waals surface area contributed by atoms with Crippen molar-refractivity contribution in [3.63, 3.8) is 0 Å². The molecule has 0 spiro atoms. The predicted octanol–water partition coefficient (Wildman–Crippen LogP) is 4.47. The standard InChI is InChI=1S/C14H9F6IN4O/c1-12(5-10(24-25-12)14(18,19)20)11(26)23-9-3-6(13(15,16)17)8(22-2)4-7(9)21/h3-4,25H,5H2,1H3,(H,23,26). The Bertz CT molecular complexity index is 826. The van der Waals surface area contributed by atoms with Crippen molar-refractivity contribution in [1.29, 1.82) is 0 Å². The molecule has 5 nitrogen and oxygen atoms in total. The molecule has 1 heterocycles. The van der Waals surface area contributed by atoms with Gasteiger partial charge in [0.1, 0.15) is 11.3 Å². The van der Waals surface area contributed by atoms with Crippen LogP contribution in [-0.2, 0) is 11.0 Å². The summed E-state index contributed by atoms with van der Waals surface area (Å²) in [5.41, 5.74) is -3.04. The van der Waals surface area contributed by atoms with Gasteiger partial charge in [0.15, 0.2) is 5.69 Å². The fourth-order valence-electron chi connectivity index (χ4n) is 2.14. The third-order valence-electron chi connectivity index (χ3n) is 3.55. The second-order valence-electron chi connectivity index (χ2n) is 5.59. The molecule has 1 unspecified atom stereocenters. The smallest absolute Gasteiger partial charge is 0.323 e. The van der Waals surface area contributed by atoms with Gasteiger partial charge in [-0.25, -0.2) is 4.85 Å². The molecule has 1 aliphatic rings. The number of rotatable bonds is 2. The molecule has 12 heteroatoms. The molecule has 0 aliphatic carbocycles. The van der Waals surface area contributed by atoms with Gasteiger partial charge in [-0.05, 0) is 41.6 Å². The van der Waals surface area contributed by atoms with Crippen LogP contribution in [0.25, 0.3) is 4.85 Å². The topological polar surface area (TPSA) is 57.9 Å². The summed E-state index contributed by atoms with van der Waals surface area (Å²) in [6.07, 6.45) is -10.3. The molecule has 1 amide bonds. The molecule has 2 N–H and O–H groups in total. The first-order valence-corrected chi connectivity index (χ1v) is 7.86. The van der Waals surface area contributed by atoms with Crippen LogP contribution in [0.1, 0.15) is 18.9 Å². The van der Waals surface area contributed by atoms with Crippen LogP contribution in [0.4, 0.5) is 37.7 Å². The van der Waals surface area contributed by atoms with Crippen LogP contribution >= 0.6 is 22.6 Å². The highest BCUT2D eigenvalue weighted by atomic mass is 127. The summed E-state index contributed by atoms with van der Waals surface area (Å²) in [4.78, 5) is 15.1. The number of benzene rings is 1. The highest BCUT2D eigenvalue weighted by Crippen LogP contribution is 2.40. The van der Waals surface area contributed by atoms with E-state index in [2.05, 4.69) is 20.7 Å². The molecule has 0 fully saturated rings. The predicted molar refractivity (Wildman–Crippen MR) is 88.7 cm³/mol. The zero-order valence-corrected chi connectivity index (χ0v) is 15.0. The number of alkyl halides is 6. The van der Waals surface area contributed by atoms with Crippen molar-refractivity contribution in [3.8, 4) is 0 Å². The lowest BCUT2D eigenvalue weighted by Gasteiger charge is -2.23. The number of hydrogen-bond acceptors (Lipinski definition) is 3. The van der Waals surface area contributed by atoms with Crippen LogP contribution in [0.15, 0.2) is 17.2 Å². The highest BCUT2D eigenvalue weighted by Gasteiger charge is 2.48. The first kappa shape index (κ1) is 20.3. The Morgan fingerprint density at radius 1 is 1.31 bits per heavy atom. The van der Waals surface area contributed by atoms with Gasteiger partial charge in [-0.3, -0.25) is 10.2 Å². The van der Waals surface area contributed by atoms with Gasteiger partial charge >= 0.3 is 12.4 Å². The number of hydrazone groups is 1. The number of carbonyl (C=O) groups is 1. The van der Waals surface area contributed by atoms with Gasteiger partial charge < -0.3 is 5.32 Å². The maximum absolute atomic E-state index is 13.0. The molecule has 1 aromatic rings. The summed E-state index contributed by atoms with van der Waals surface area (Å²) >= 11 is 1.62. The number of carbonyl (C=O) groups excluding carboxylic acids is 1. The van der Waals surface area contributed by atoms with Gasteiger partial charge in [0.25, 0.3) is 5.91 Å². The normalized spacial score (nSPS) is 20.2. The largest absolute Gasteiger partial charge is 0.431 e. The number of nitrogens with zero attached hydrogens (tertiary/aromatic N) is 2. The highest BCUT2D eigenvalue weighted by molar-refractivity contribution is 14.1.